The van der Waals surface area contributed by atoms with E-state index in [1.807, 2.05) is 0 Å². The molecule has 1 saturated carbocycles. The number of halogens is 2. The second-order valence-corrected chi connectivity index (χ2v) is 6.90. The maximum atomic E-state index is 12.7. The molecule has 8 heteroatoms. The first kappa shape index (κ1) is 17.2. The van der Waals surface area contributed by atoms with Gasteiger partial charge in [0.15, 0.2) is 5.78 Å². The van der Waals surface area contributed by atoms with Crippen LogP contribution in [0.4, 0.5) is 0 Å². The molecule has 2 fully saturated rings. The van der Waals surface area contributed by atoms with Crippen molar-refractivity contribution >= 4 is 40.8 Å². The number of rotatable bonds is 4. The van der Waals surface area contributed by atoms with Gasteiger partial charge in [-0.3, -0.25) is 14.4 Å². The van der Waals surface area contributed by atoms with Gasteiger partial charge in [0.2, 0.25) is 11.8 Å². The number of nitrogens with two attached hydrogens (primary N) is 1. The first-order valence-electron chi connectivity index (χ1n) is 7.56. The van der Waals surface area contributed by atoms with Crippen LogP contribution in [0.2, 0.25) is 10.0 Å². The molecule has 6 nitrogen and oxygen atoms in total. The van der Waals surface area contributed by atoms with Crippen molar-refractivity contribution in [3.63, 3.8) is 0 Å². The normalized spacial score (nSPS) is 26.9. The van der Waals surface area contributed by atoms with Crippen molar-refractivity contribution in [3.05, 3.63) is 33.8 Å². The molecule has 3 unspecified atom stereocenters. The van der Waals surface area contributed by atoms with Crippen LogP contribution >= 0.6 is 23.2 Å². The van der Waals surface area contributed by atoms with Gasteiger partial charge in [-0.25, -0.2) is 0 Å². The highest BCUT2D eigenvalue weighted by molar-refractivity contribution is 6.42. The largest absolute Gasteiger partial charge is 0.369 e. The summed E-state index contributed by atoms with van der Waals surface area (Å²) in [5.74, 6) is -2.89. The second-order valence-electron chi connectivity index (χ2n) is 6.08. The Morgan fingerprint density at radius 3 is 2.75 bits per heavy atom. The summed E-state index contributed by atoms with van der Waals surface area (Å²) < 4.78 is 5.46. The molecule has 24 heavy (non-hydrogen) atoms. The summed E-state index contributed by atoms with van der Waals surface area (Å²) in [6.45, 7) is -0.0288. The van der Waals surface area contributed by atoms with E-state index in [0.717, 1.165) is 6.42 Å². The van der Waals surface area contributed by atoms with Gasteiger partial charge in [0.05, 0.1) is 16.1 Å². The number of nitrogens with one attached hydrogen (secondary N) is 1. The average molecular weight is 371 g/mol. The van der Waals surface area contributed by atoms with Crippen molar-refractivity contribution in [1.29, 1.82) is 0 Å². The number of primary amides is 1. The van der Waals surface area contributed by atoms with Gasteiger partial charge in [0.25, 0.3) is 0 Å². The highest BCUT2D eigenvalue weighted by atomic mass is 35.5. The van der Waals surface area contributed by atoms with Crippen LogP contribution in [0.5, 0.6) is 0 Å². The van der Waals surface area contributed by atoms with E-state index in [0.29, 0.717) is 23.4 Å². The van der Waals surface area contributed by atoms with Crippen molar-refractivity contribution in [1.82, 2.24) is 5.32 Å². The van der Waals surface area contributed by atoms with Crippen LogP contribution in [0.1, 0.15) is 30.7 Å². The lowest BCUT2D eigenvalue weighted by atomic mass is 9.89. The fourth-order valence-corrected chi connectivity index (χ4v) is 3.77. The molecule has 0 radical (unpaired) electrons. The summed E-state index contributed by atoms with van der Waals surface area (Å²) in [6.07, 6.45) is 1.61. The predicted molar refractivity (Wildman–Crippen MR) is 87.9 cm³/mol. The second kappa shape index (κ2) is 6.35. The fourth-order valence-electron chi connectivity index (χ4n) is 3.46. The van der Waals surface area contributed by atoms with Crippen LogP contribution < -0.4 is 11.1 Å². The van der Waals surface area contributed by atoms with Gasteiger partial charge in [-0.2, -0.15) is 0 Å². The highest BCUT2D eigenvalue weighted by Gasteiger charge is 2.55. The number of hydrogen-bond acceptors (Lipinski definition) is 4. The Bertz CT molecular complexity index is 724. The quantitative estimate of drug-likeness (QED) is 0.785. The molecule has 2 amide bonds. The Morgan fingerprint density at radius 2 is 2.08 bits per heavy atom. The standard InChI is InChI=1S/C16H16Cl2N2O4/c17-9-4-3-8(6-10(9)18)13(14(19)22)15(23)20-16-5-1-2-12(16)24-7-11(16)21/h3-4,6,12-13H,1-2,5,7H2,(H2,19,22)(H,20,23). The summed E-state index contributed by atoms with van der Waals surface area (Å²) in [7, 11) is 0. The zero-order valence-electron chi connectivity index (χ0n) is 12.7. The predicted octanol–water partition coefficient (Wildman–Crippen LogP) is 1.57. The molecule has 1 heterocycles. The van der Waals surface area contributed by atoms with Gasteiger partial charge in [-0.15, -0.1) is 0 Å². The molecule has 1 aromatic rings. The van der Waals surface area contributed by atoms with Crippen LogP contribution in [0.25, 0.3) is 0 Å². The summed E-state index contributed by atoms with van der Waals surface area (Å²) in [6, 6.07) is 4.43. The number of ketones is 1. The number of hydrogen-bond donors (Lipinski definition) is 2. The third kappa shape index (κ3) is 2.79. The number of carbonyl (C=O) groups excluding carboxylic acids is 3. The number of carbonyl (C=O) groups is 3. The fraction of sp³-hybridized carbons (Fsp3) is 0.438. The van der Waals surface area contributed by atoms with Gasteiger partial charge in [0, 0.05) is 0 Å². The van der Waals surface area contributed by atoms with Crippen LogP contribution in [0.15, 0.2) is 18.2 Å². The molecule has 3 N–H and O–H groups in total. The summed E-state index contributed by atoms with van der Waals surface area (Å²) in [4.78, 5) is 36.8. The number of ether oxygens (including phenoxy) is 1. The molecule has 0 aromatic heterocycles. The Hall–Kier alpha value is -1.63. The number of fused-ring (bicyclic) bond motifs is 1. The lowest BCUT2D eigenvalue weighted by Crippen LogP contribution is -2.57. The highest BCUT2D eigenvalue weighted by Crippen LogP contribution is 2.38. The minimum absolute atomic E-state index is 0.0288. The molecule has 0 bridgehead atoms. The Labute approximate surface area is 148 Å². The Kier molecular flexibility index (Phi) is 4.55. The molecule has 3 rings (SSSR count). The molecule has 1 aromatic carbocycles. The summed E-state index contributed by atoms with van der Waals surface area (Å²) in [5, 5.41) is 3.24. The van der Waals surface area contributed by atoms with Gasteiger partial charge in [-0.05, 0) is 37.0 Å². The van der Waals surface area contributed by atoms with E-state index < -0.39 is 23.3 Å². The molecule has 2 aliphatic rings. The van der Waals surface area contributed by atoms with Crippen molar-refractivity contribution in [2.75, 3.05) is 6.61 Å². The van der Waals surface area contributed by atoms with Gasteiger partial charge in [0.1, 0.15) is 18.1 Å². The number of amides is 2. The smallest absolute Gasteiger partial charge is 0.237 e. The third-order valence-corrected chi connectivity index (χ3v) is 5.41. The number of benzene rings is 1. The summed E-state index contributed by atoms with van der Waals surface area (Å²) >= 11 is 11.8. The maximum absolute atomic E-state index is 12.7. The molecule has 1 saturated heterocycles. The van der Waals surface area contributed by atoms with E-state index in [1.54, 1.807) is 0 Å². The maximum Gasteiger partial charge on any atom is 0.237 e. The van der Waals surface area contributed by atoms with E-state index in [-0.39, 0.29) is 23.5 Å². The average Bonchev–Trinajstić information content (AvgIpc) is 3.03. The van der Waals surface area contributed by atoms with Gasteiger partial charge >= 0.3 is 0 Å². The van der Waals surface area contributed by atoms with Gasteiger partial charge in [-0.1, -0.05) is 29.3 Å². The molecular formula is C16H16Cl2N2O4. The topological polar surface area (TPSA) is 98.5 Å². The minimum Gasteiger partial charge on any atom is -0.369 e. The minimum atomic E-state index is -1.26. The molecule has 1 aliphatic carbocycles. The van der Waals surface area contributed by atoms with E-state index in [4.69, 9.17) is 33.7 Å². The van der Waals surface area contributed by atoms with E-state index in [9.17, 15) is 14.4 Å². The van der Waals surface area contributed by atoms with E-state index >= 15 is 0 Å². The van der Waals surface area contributed by atoms with Crippen molar-refractivity contribution in [2.24, 2.45) is 5.73 Å². The first-order chi connectivity index (χ1) is 11.3. The lowest BCUT2D eigenvalue weighted by Gasteiger charge is -2.29. The van der Waals surface area contributed by atoms with Crippen LogP contribution in [0, 0.1) is 0 Å². The van der Waals surface area contributed by atoms with Crippen LogP contribution in [0.3, 0.4) is 0 Å². The molecule has 128 valence electrons. The molecule has 1 aliphatic heterocycles. The van der Waals surface area contributed by atoms with Crippen LogP contribution in [-0.2, 0) is 19.1 Å². The monoisotopic (exact) mass is 370 g/mol. The Morgan fingerprint density at radius 1 is 1.33 bits per heavy atom. The third-order valence-electron chi connectivity index (χ3n) is 4.67. The summed E-state index contributed by atoms with van der Waals surface area (Å²) in [5.41, 5.74) is 4.68. The lowest BCUT2D eigenvalue weighted by molar-refractivity contribution is -0.134. The van der Waals surface area contributed by atoms with Crippen LogP contribution in [-0.4, -0.2) is 35.8 Å². The van der Waals surface area contributed by atoms with Crippen molar-refractivity contribution in [2.45, 2.75) is 36.8 Å². The Balaban J connectivity index is 1.89. The molecule has 3 atom stereocenters. The van der Waals surface area contributed by atoms with E-state index in [2.05, 4.69) is 5.32 Å². The van der Waals surface area contributed by atoms with Crippen molar-refractivity contribution in [3.8, 4) is 0 Å². The van der Waals surface area contributed by atoms with Gasteiger partial charge < -0.3 is 15.8 Å². The zero-order chi connectivity index (χ0) is 17.5. The number of Topliss-reactive ketones (excluding diaryl/α,β-unsaturated/α-hetero) is 1. The molecular weight excluding hydrogens is 355 g/mol. The zero-order valence-corrected chi connectivity index (χ0v) is 14.2. The van der Waals surface area contributed by atoms with E-state index in [1.165, 1.54) is 18.2 Å². The first-order valence-corrected chi connectivity index (χ1v) is 8.32. The SMILES string of the molecule is NC(=O)C(C(=O)NC12CCCC1OCC2=O)c1ccc(Cl)c(Cl)c1. The van der Waals surface area contributed by atoms with Crippen molar-refractivity contribution < 1.29 is 19.1 Å². The molecule has 0 spiro atoms.